The molecule has 0 nitrogen and oxygen atoms in total. The first-order valence-electron chi connectivity index (χ1n) is 6.05. The Labute approximate surface area is 100 Å². The molecule has 0 spiro atoms. The second-order valence-corrected chi connectivity index (χ2v) is 5.69. The van der Waals surface area contributed by atoms with Crippen molar-refractivity contribution in [2.45, 2.75) is 38.0 Å². The highest BCUT2D eigenvalue weighted by Crippen LogP contribution is 2.43. The average molecular weight is 265 g/mol. The van der Waals surface area contributed by atoms with Gasteiger partial charge < -0.3 is 0 Å². The highest BCUT2D eigenvalue weighted by atomic mass is 79.9. The molecule has 0 saturated carbocycles. The SMILES string of the molecule is BrC[C@@H]1Cc2cccc3c2[C@H](CCC3)C1. The van der Waals surface area contributed by atoms with Crippen LogP contribution in [0.5, 0.6) is 0 Å². The molecule has 0 fully saturated rings. The third-order valence-electron chi connectivity index (χ3n) is 4.04. The molecule has 3 rings (SSSR count). The van der Waals surface area contributed by atoms with E-state index < -0.39 is 0 Å². The van der Waals surface area contributed by atoms with E-state index in [1.807, 2.05) is 0 Å². The molecule has 0 radical (unpaired) electrons. The minimum atomic E-state index is 0.871. The first-order chi connectivity index (χ1) is 7.38. The molecule has 0 bridgehead atoms. The Balaban J connectivity index is 2.06. The van der Waals surface area contributed by atoms with Crippen LogP contribution in [0.4, 0.5) is 0 Å². The molecule has 1 aromatic rings. The predicted molar refractivity (Wildman–Crippen MR) is 67.7 cm³/mol. The Morgan fingerprint density at radius 1 is 1.27 bits per heavy atom. The second-order valence-electron chi connectivity index (χ2n) is 5.04. The number of rotatable bonds is 1. The van der Waals surface area contributed by atoms with Gasteiger partial charge in [-0.3, -0.25) is 0 Å². The molecular formula is C14H17Br. The van der Waals surface area contributed by atoms with E-state index in [-0.39, 0.29) is 0 Å². The van der Waals surface area contributed by atoms with Crippen LogP contribution in [-0.2, 0) is 12.8 Å². The van der Waals surface area contributed by atoms with Gasteiger partial charge in [-0.25, -0.2) is 0 Å². The molecule has 2 aliphatic carbocycles. The maximum Gasteiger partial charge on any atom is 0.00630 e. The Morgan fingerprint density at radius 2 is 2.13 bits per heavy atom. The van der Waals surface area contributed by atoms with Crippen LogP contribution in [-0.4, -0.2) is 5.33 Å². The van der Waals surface area contributed by atoms with Crippen LogP contribution in [0, 0.1) is 5.92 Å². The lowest BCUT2D eigenvalue weighted by atomic mass is 9.70. The molecule has 2 atom stereocenters. The largest absolute Gasteiger partial charge is 0.0925 e. The van der Waals surface area contributed by atoms with Gasteiger partial charge in [0.25, 0.3) is 0 Å². The van der Waals surface area contributed by atoms with E-state index in [2.05, 4.69) is 34.1 Å². The van der Waals surface area contributed by atoms with Gasteiger partial charge in [0.1, 0.15) is 0 Å². The van der Waals surface area contributed by atoms with Crippen molar-refractivity contribution in [1.29, 1.82) is 0 Å². The van der Waals surface area contributed by atoms with Gasteiger partial charge in [-0.05, 0) is 60.6 Å². The molecule has 1 aromatic carbocycles. The Morgan fingerprint density at radius 3 is 3.00 bits per heavy atom. The zero-order valence-electron chi connectivity index (χ0n) is 9.01. The minimum Gasteiger partial charge on any atom is -0.0925 e. The molecule has 0 aliphatic heterocycles. The molecule has 0 heterocycles. The highest BCUT2D eigenvalue weighted by molar-refractivity contribution is 9.09. The zero-order chi connectivity index (χ0) is 10.3. The van der Waals surface area contributed by atoms with E-state index in [1.54, 1.807) is 16.7 Å². The molecule has 80 valence electrons. The summed E-state index contributed by atoms with van der Waals surface area (Å²) in [7, 11) is 0. The van der Waals surface area contributed by atoms with Gasteiger partial charge in [0.15, 0.2) is 0 Å². The number of halogens is 1. The van der Waals surface area contributed by atoms with E-state index >= 15 is 0 Å². The fourth-order valence-corrected chi connectivity index (χ4v) is 3.91. The van der Waals surface area contributed by atoms with Gasteiger partial charge in [-0.2, -0.15) is 0 Å². The van der Waals surface area contributed by atoms with Gasteiger partial charge in [0.05, 0.1) is 0 Å². The lowest BCUT2D eigenvalue weighted by molar-refractivity contribution is 0.399. The monoisotopic (exact) mass is 264 g/mol. The molecule has 0 amide bonds. The summed E-state index contributed by atoms with van der Waals surface area (Å²) in [5, 5.41) is 1.17. The first kappa shape index (κ1) is 9.89. The normalized spacial score (nSPS) is 28.6. The Hall–Kier alpha value is -0.300. The van der Waals surface area contributed by atoms with E-state index in [0.29, 0.717) is 0 Å². The minimum absolute atomic E-state index is 0.871. The van der Waals surface area contributed by atoms with Gasteiger partial charge >= 0.3 is 0 Å². The molecule has 15 heavy (non-hydrogen) atoms. The first-order valence-corrected chi connectivity index (χ1v) is 7.17. The highest BCUT2D eigenvalue weighted by Gasteiger charge is 2.30. The summed E-state index contributed by atoms with van der Waals surface area (Å²) in [4.78, 5) is 0. The van der Waals surface area contributed by atoms with Crippen molar-refractivity contribution in [2.75, 3.05) is 5.33 Å². The fraction of sp³-hybridized carbons (Fsp3) is 0.571. The van der Waals surface area contributed by atoms with Crippen molar-refractivity contribution in [3.8, 4) is 0 Å². The Kier molecular flexibility index (Phi) is 2.59. The summed E-state index contributed by atoms with van der Waals surface area (Å²) < 4.78 is 0. The number of hydrogen-bond acceptors (Lipinski definition) is 0. The van der Waals surface area contributed by atoms with E-state index in [4.69, 9.17) is 0 Å². The van der Waals surface area contributed by atoms with Crippen LogP contribution >= 0.6 is 15.9 Å². The molecule has 0 unspecified atom stereocenters. The molecular weight excluding hydrogens is 248 g/mol. The summed E-state index contributed by atoms with van der Waals surface area (Å²) in [6, 6.07) is 6.96. The predicted octanol–water partition coefficient (Wildman–Crippen LogP) is 4.06. The lowest BCUT2D eigenvalue weighted by Crippen LogP contribution is -2.23. The van der Waals surface area contributed by atoms with Crippen LogP contribution < -0.4 is 0 Å². The van der Waals surface area contributed by atoms with Crippen molar-refractivity contribution < 1.29 is 0 Å². The maximum absolute atomic E-state index is 3.66. The quantitative estimate of drug-likeness (QED) is 0.671. The van der Waals surface area contributed by atoms with Crippen LogP contribution in [0.2, 0.25) is 0 Å². The summed E-state index contributed by atoms with van der Waals surface area (Å²) in [5.74, 6) is 1.75. The van der Waals surface area contributed by atoms with Crippen molar-refractivity contribution in [2.24, 2.45) is 5.92 Å². The molecule has 0 saturated heterocycles. The summed E-state index contributed by atoms with van der Waals surface area (Å²) in [6.45, 7) is 0. The van der Waals surface area contributed by atoms with Crippen LogP contribution in [0.1, 0.15) is 41.9 Å². The average Bonchev–Trinajstić information content (AvgIpc) is 2.29. The molecule has 0 N–H and O–H groups in total. The van der Waals surface area contributed by atoms with Crippen molar-refractivity contribution in [3.05, 3.63) is 34.9 Å². The smallest absolute Gasteiger partial charge is 0.00630 e. The van der Waals surface area contributed by atoms with Crippen molar-refractivity contribution in [1.82, 2.24) is 0 Å². The van der Waals surface area contributed by atoms with Gasteiger partial charge in [-0.1, -0.05) is 34.1 Å². The lowest BCUT2D eigenvalue weighted by Gasteiger charge is -2.35. The zero-order valence-corrected chi connectivity index (χ0v) is 10.6. The Bertz CT molecular complexity index is 370. The van der Waals surface area contributed by atoms with Gasteiger partial charge in [0.2, 0.25) is 0 Å². The third-order valence-corrected chi connectivity index (χ3v) is 4.95. The van der Waals surface area contributed by atoms with E-state index in [9.17, 15) is 0 Å². The molecule has 0 aromatic heterocycles. The number of aryl methyl sites for hydroxylation is 1. The second kappa shape index (κ2) is 3.93. The topological polar surface area (TPSA) is 0 Å². The van der Waals surface area contributed by atoms with E-state index in [0.717, 1.165) is 11.8 Å². The molecule has 1 heteroatoms. The standard InChI is InChI=1S/C14H17Br/c15-9-10-7-12-5-1-3-11-4-2-6-13(8-10)14(11)12/h1,3,5,10,13H,2,4,6-9H2/t10-,13-/m1/s1. The van der Waals surface area contributed by atoms with Crippen LogP contribution in [0.25, 0.3) is 0 Å². The van der Waals surface area contributed by atoms with Gasteiger partial charge in [-0.15, -0.1) is 0 Å². The summed E-state index contributed by atoms with van der Waals surface area (Å²) in [5.41, 5.74) is 5.03. The van der Waals surface area contributed by atoms with Gasteiger partial charge in [0, 0.05) is 5.33 Å². The van der Waals surface area contributed by atoms with Crippen molar-refractivity contribution >= 4 is 15.9 Å². The van der Waals surface area contributed by atoms with Crippen molar-refractivity contribution in [3.63, 3.8) is 0 Å². The van der Waals surface area contributed by atoms with Crippen LogP contribution in [0.3, 0.4) is 0 Å². The molecule has 2 aliphatic rings. The summed E-state index contributed by atoms with van der Waals surface area (Å²) in [6.07, 6.45) is 6.85. The summed E-state index contributed by atoms with van der Waals surface area (Å²) >= 11 is 3.66. The maximum atomic E-state index is 3.66. The number of alkyl halides is 1. The number of benzene rings is 1. The fourth-order valence-electron chi connectivity index (χ4n) is 3.42. The van der Waals surface area contributed by atoms with Crippen LogP contribution in [0.15, 0.2) is 18.2 Å². The van der Waals surface area contributed by atoms with E-state index in [1.165, 1.54) is 37.4 Å². The number of hydrogen-bond donors (Lipinski definition) is 0. The third kappa shape index (κ3) is 1.65.